The number of pyridine rings is 1. The first-order chi connectivity index (χ1) is 12.5. The largest absolute Gasteiger partial charge is 0.361 e. The van der Waals surface area contributed by atoms with Crippen LogP contribution >= 0.6 is 15.9 Å². The summed E-state index contributed by atoms with van der Waals surface area (Å²) in [7, 11) is 1.89. The number of nitrogens with zero attached hydrogens (tertiary/aromatic N) is 3. The van der Waals surface area contributed by atoms with Gasteiger partial charge >= 0.3 is 0 Å². The molecule has 0 aliphatic rings. The van der Waals surface area contributed by atoms with E-state index < -0.39 is 0 Å². The van der Waals surface area contributed by atoms with Gasteiger partial charge in [0.15, 0.2) is 0 Å². The Labute approximate surface area is 160 Å². The predicted octanol–water partition coefficient (Wildman–Crippen LogP) is 4.34. The van der Waals surface area contributed by atoms with E-state index in [-0.39, 0.29) is 5.91 Å². The summed E-state index contributed by atoms with van der Waals surface area (Å²) in [4.78, 5) is 19.1. The van der Waals surface area contributed by atoms with Gasteiger partial charge in [-0.2, -0.15) is 0 Å². The molecule has 26 heavy (non-hydrogen) atoms. The van der Waals surface area contributed by atoms with Crippen LogP contribution in [0.3, 0.4) is 0 Å². The van der Waals surface area contributed by atoms with Crippen molar-refractivity contribution in [2.45, 2.75) is 20.4 Å². The van der Waals surface area contributed by atoms with Crippen molar-refractivity contribution < 1.29 is 9.32 Å². The fraction of sp³-hybridized carbons (Fsp3) is 0.211. The molecular formula is C19H19BrN4O2. The summed E-state index contributed by atoms with van der Waals surface area (Å²) in [5.74, 6) is 1.16. The highest BCUT2D eigenvalue weighted by molar-refractivity contribution is 9.10. The van der Waals surface area contributed by atoms with Gasteiger partial charge in [-0.1, -0.05) is 21.1 Å². The summed E-state index contributed by atoms with van der Waals surface area (Å²) in [6.07, 6.45) is 1.68. The van der Waals surface area contributed by atoms with Gasteiger partial charge in [0.05, 0.1) is 11.3 Å². The van der Waals surface area contributed by atoms with Crippen LogP contribution in [-0.4, -0.2) is 23.1 Å². The Balaban J connectivity index is 1.83. The third-order valence-electron chi connectivity index (χ3n) is 4.07. The van der Waals surface area contributed by atoms with Crippen LogP contribution in [0.5, 0.6) is 0 Å². The fourth-order valence-electron chi connectivity index (χ4n) is 2.65. The molecule has 134 valence electrons. The van der Waals surface area contributed by atoms with E-state index in [4.69, 9.17) is 4.52 Å². The molecule has 0 spiro atoms. The average molecular weight is 415 g/mol. The molecule has 7 heteroatoms. The monoisotopic (exact) mass is 414 g/mol. The smallest absolute Gasteiger partial charge is 0.259 e. The minimum Gasteiger partial charge on any atom is -0.361 e. The first kappa shape index (κ1) is 18.1. The van der Waals surface area contributed by atoms with E-state index in [0.717, 1.165) is 27.2 Å². The van der Waals surface area contributed by atoms with Crippen LogP contribution < -0.4 is 10.2 Å². The van der Waals surface area contributed by atoms with Gasteiger partial charge in [-0.05, 0) is 50.2 Å². The maximum absolute atomic E-state index is 12.7. The van der Waals surface area contributed by atoms with Crippen molar-refractivity contribution in [3.8, 4) is 0 Å². The molecule has 0 bridgehead atoms. The number of carbonyl (C=O) groups is 1. The van der Waals surface area contributed by atoms with E-state index >= 15 is 0 Å². The molecule has 0 fully saturated rings. The van der Waals surface area contributed by atoms with E-state index in [1.54, 1.807) is 18.3 Å². The molecule has 3 aromatic rings. The van der Waals surface area contributed by atoms with Crippen LogP contribution in [0.1, 0.15) is 27.4 Å². The molecule has 0 atom stereocenters. The van der Waals surface area contributed by atoms with Crippen LogP contribution in [0.25, 0.3) is 0 Å². The number of hydrogen-bond donors (Lipinski definition) is 1. The lowest BCUT2D eigenvalue weighted by Gasteiger charge is -2.20. The quantitative estimate of drug-likeness (QED) is 0.672. The van der Waals surface area contributed by atoms with Crippen LogP contribution in [0, 0.1) is 13.8 Å². The molecule has 0 aliphatic carbocycles. The van der Waals surface area contributed by atoms with Gasteiger partial charge in [0, 0.05) is 35.5 Å². The molecule has 3 rings (SSSR count). The Kier molecular flexibility index (Phi) is 5.37. The topological polar surface area (TPSA) is 71.3 Å². The Bertz CT molecular complexity index is 902. The number of amides is 1. The lowest BCUT2D eigenvalue weighted by molar-refractivity contribution is 0.102. The molecule has 6 nitrogen and oxygen atoms in total. The zero-order valence-electron chi connectivity index (χ0n) is 14.8. The maximum Gasteiger partial charge on any atom is 0.259 e. The summed E-state index contributed by atoms with van der Waals surface area (Å²) < 4.78 is 6.17. The molecule has 0 saturated heterocycles. The Hall–Kier alpha value is -2.67. The van der Waals surface area contributed by atoms with Crippen LogP contribution in [0.15, 0.2) is 51.6 Å². The van der Waals surface area contributed by atoms with Crippen molar-refractivity contribution in [1.82, 2.24) is 10.1 Å². The molecule has 0 radical (unpaired) electrons. The third-order valence-corrected chi connectivity index (χ3v) is 4.60. The second-order valence-corrected chi connectivity index (χ2v) is 6.91. The second-order valence-electron chi connectivity index (χ2n) is 5.99. The van der Waals surface area contributed by atoms with Crippen molar-refractivity contribution in [1.29, 1.82) is 0 Å². The number of benzene rings is 1. The minimum atomic E-state index is -0.207. The molecular weight excluding hydrogens is 396 g/mol. The van der Waals surface area contributed by atoms with Crippen molar-refractivity contribution in [2.24, 2.45) is 0 Å². The summed E-state index contributed by atoms with van der Waals surface area (Å²) in [6.45, 7) is 4.33. The zero-order valence-corrected chi connectivity index (χ0v) is 16.4. The maximum atomic E-state index is 12.7. The van der Waals surface area contributed by atoms with Gasteiger partial charge in [0.1, 0.15) is 11.6 Å². The third kappa shape index (κ3) is 3.94. The SMILES string of the molecule is Cc1noc(C)c1CN(C)c1ncccc1C(=O)Nc1ccc(Br)cc1. The summed E-state index contributed by atoms with van der Waals surface area (Å²) in [5.41, 5.74) is 3.06. The number of rotatable bonds is 5. The molecule has 2 aromatic heterocycles. The highest BCUT2D eigenvalue weighted by atomic mass is 79.9. The lowest BCUT2D eigenvalue weighted by Crippen LogP contribution is -2.23. The minimum absolute atomic E-state index is 0.207. The number of carbonyl (C=O) groups excluding carboxylic acids is 1. The van der Waals surface area contributed by atoms with Gasteiger partial charge < -0.3 is 14.7 Å². The number of hydrogen-bond acceptors (Lipinski definition) is 5. The standard InChI is InChI=1S/C19H19BrN4O2/c1-12-17(13(2)26-23-12)11-24(3)18-16(5-4-10-21-18)19(25)22-15-8-6-14(20)7-9-15/h4-10H,11H2,1-3H3,(H,22,25). The molecule has 1 aromatic carbocycles. The summed E-state index contributed by atoms with van der Waals surface area (Å²) in [6, 6.07) is 11.0. The van der Waals surface area contributed by atoms with E-state index in [0.29, 0.717) is 17.9 Å². The highest BCUT2D eigenvalue weighted by Crippen LogP contribution is 2.22. The zero-order chi connectivity index (χ0) is 18.7. The van der Waals surface area contributed by atoms with Crippen molar-refractivity contribution in [3.63, 3.8) is 0 Å². The van der Waals surface area contributed by atoms with E-state index in [1.165, 1.54) is 0 Å². The van der Waals surface area contributed by atoms with E-state index in [2.05, 4.69) is 31.4 Å². The molecule has 2 heterocycles. The van der Waals surface area contributed by atoms with Gasteiger partial charge in [-0.15, -0.1) is 0 Å². The van der Waals surface area contributed by atoms with Crippen molar-refractivity contribution >= 4 is 33.3 Å². The molecule has 0 aliphatic heterocycles. The van der Waals surface area contributed by atoms with Crippen LogP contribution in [0.4, 0.5) is 11.5 Å². The number of anilines is 2. The molecule has 0 saturated carbocycles. The summed E-state index contributed by atoms with van der Waals surface area (Å²) >= 11 is 3.38. The average Bonchev–Trinajstić information content (AvgIpc) is 2.95. The van der Waals surface area contributed by atoms with Crippen LogP contribution in [-0.2, 0) is 6.54 Å². The summed E-state index contributed by atoms with van der Waals surface area (Å²) in [5, 5.41) is 6.88. The van der Waals surface area contributed by atoms with Gasteiger partial charge in [0.25, 0.3) is 5.91 Å². The van der Waals surface area contributed by atoms with Gasteiger partial charge in [-0.3, -0.25) is 4.79 Å². The number of nitrogens with one attached hydrogen (secondary N) is 1. The number of aromatic nitrogens is 2. The molecule has 0 unspecified atom stereocenters. The Morgan fingerprint density at radius 2 is 1.96 bits per heavy atom. The van der Waals surface area contributed by atoms with E-state index in [1.807, 2.05) is 50.1 Å². The van der Waals surface area contributed by atoms with Gasteiger partial charge in [-0.25, -0.2) is 4.98 Å². The number of aryl methyl sites for hydroxylation is 2. The first-order valence-electron chi connectivity index (χ1n) is 8.10. The van der Waals surface area contributed by atoms with E-state index in [9.17, 15) is 4.79 Å². The second kappa shape index (κ2) is 7.70. The normalized spacial score (nSPS) is 10.6. The van der Waals surface area contributed by atoms with Crippen LogP contribution in [0.2, 0.25) is 0 Å². The first-order valence-corrected chi connectivity index (χ1v) is 8.90. The number of halogens is 1. The van der Waals surface area contributed by atoms with Crippen molar-refractivity contribution in [2.75, 3.05) is 17.3 Å². The van der Waals surface area contributed by atoms with Crippen molar-refractivity contribution in [3.05, 3.63) is 69.6 Å². The fourth-order valence-corrected chi connectivity index (χ4v) is 2.91. The van der Waals surface area contributed by atoms with Gasteiger partial charge in [0.2, 0.25) is 0 Å². The molecule has 1 N–H and O–H groups in total. The molecule has 1 amide bonds. The lowest BCUT2D eigenvalue weighted by atomic mass is 10.1. The highest BCUT2D eigenvalue weighted by Gasteiger charge is 2.18. The predicted molar refractivity (Wildman–Crippen MR) is 104 cm³/mol. The Morgan fingerprint density at radius 3 is 2.62 bits per heavy atom. The Morgan fingerprint density at radius 1 is 1.23 bits per heavy atom.